The van der Waals surface area contributed by atoms with Crippen molar-refractivity contribution in [2.24, 2.45) is 0 Å². The fourth-order valence-electron chi connectivity index (χ4n) is 3.27. The minimum absolute atomic E-state index is 0.113. The lowest BCUT2D eigenvalue weighted by atomic mass is 10.0. The van der Waals surface area contributed by atoms with Gasteiger partial charge in [0.1, 0.15) is 13.2 Å². The molecule has 3 rings (SSSR count). The molecule has 1 atom stereocenters. The number of ether oxygens (including phenoxy) is 4. The van der Waals surface area contributed by atoms with Gasteiger partial charge in [0.25, 0.3) is 5.91 Å². The zero-order valence-corrected chi connectivity index (χ0v) is 17.8. The van der Waals surface area contributed by atoms with Crippen molar-refractivity contribution in [3.63, 3.8) is 0 Å². The molecule has 0 bridgehead atoms. The van der Waals surface area contributed by atoms with E-state index in [0.29, 0.717) is 36.0 Å². The van der Waals surface area contributed by atoms with E-state index in [1.165, 1.54) is 13.2 Å². The molecule has 1 aliphatic heterocycles. The van der Waals surface area contributed by atoms with Crippen LogP contribution in [0.1, 0.15) is 36.9 Å². The molecular formula is C24H27NO6. The van der Waals surface area contributed by atoms with Crippen molar-refractivity contribution in [2.75, 3.05) is 26.9 Å². The van der Waals surface area contributed by atoms with Crippen molar-refractivity contribution in [2.45, 2.75) is 25.8 Å². The van der Waals surface area contributed by atoms with Crippen LogP contribution in [0.3, 0.4) is 0 Å². The van der Waals surface area contributed by atoms with Crippen LogP contribution in [0.15, 0.2) is 48.5 Å². The number of hydrogen-bond acceptors (Lipinski definition) is 6. The molecule has 0 saturated carbocycles. The van der Waals surface area contributed by atoms with Gasteiger partial charge in [0.05, 0.1) is 13.2 Å². The van der Waals surface area contributed by atoms with Gasteiger partial charge in [0.2, 0.25) is 5.75 Å². The van der Waals surface area contributed by atoms with E-state index in [1.54, 1.807) is 18.2 Å². The maximum absolute atomic E-state index is 12.3. The van der Waals surface area contributed by atoms with E-state index in [0.717, 1.165) is 18.4 Å². The lowest BCUT2D eigenvalue weighted by Gasteiger charge is -2.20. The Labute approximate surface area is 181 Å². The fourth-order valence-corrected chi connectivity index (χ4v) is 3.27. The summed E-state index contributed by atoms with van der Waals surface area (Å²) in [5, 5.41) is 2.93. The Hall–Kier alpha value is -3.48. The summed E-state index contributed by atoms with van der Waals surface area (Å²) in [5.41, 5.74) is 1.71. The van der Waals surface area contributed by atoms with Gasteiger partial charge in [-0.3, -0.25) is 4.79 Å². The highest BCUT2D eigenvalue weighted by molar-refractivity contribution is 5.89. The van der Waals surface area contributed by atoms with Gasteiger partial charge in [-0.15, -0.1) is 0 Å². The van der Waals surface area contributed by atoms with Crippen molar-refractivity contribution in [1.29, 1.82) is 0 Å². The smallest absolute Gasteiger partial charge is 0.331 e. The van der Waals surface area contributed by atoms with Crippen LogP contribution < -0.4 is 19.5 Å². The molecule has 1 N–H and O–H groups in total. The van der Waals surface area contributed by atoms with Gasteiger partial charge in [0.15, 0.2) is 18.1 Å². The van der Waals surface area contributed by atoms with Crippen LogP contribution in [0.4, 0.5) is 0 Å². The molecule has 1 amide bonds. The van der Waals surface area contributed by atoms with Crippen molar-refractivity contribution in [3.8, 4) is 17.2 Å². The number of carbonyl (C=O) groups is 2. The largest absolute Gasteiger partial charge is 0.493 e. The van der Waals surface area contributed by atoms with Crippen LogP contribution in [0.25, 0.3) is 6.08 Å². The van der Waals surface area contributed by atoms with Gasteiger partial charge in [-0.25, -0.2) is 4.79 Å². The van der Waals surface area contributed by atoms with Crippen LogP contribution in [0.5, 0.6) is 17.2 Å². The topological polar surface area (TPSA) is 83.1 Å². The third-order valence-corrected chi connectivity index (χ3v) is 4.72. The molecule has 0 aliphatic carbocycles. The second kappa shape index (κ2) is 11.1. The Bertz CT molecular complexity index is 908. The molecular weight excluding hydrogens is 398 g/mol. The monoisotopic (exact) mass is 425 g/mol. The average Bonchev–Trinajstić information content (AvgIpc) is 2.81. The first kappa shape index (κ1) is 22.2. The SMILES string of the molecule is CCC[C@@H](NC(=O)COC(=O)/C=C/c1cc(OC)c2c(c1)OCCO2)c1ccccc1. The summed E-state index contributed by atoms with van der Waals surface area (Å²) in [5.74, 6) is 0.666. The molecule has 7 heteroatoms. The summed E-state index contributed by atoms with van der Waals surface area (Å²) in [6.45, 7) is 2.61. The van der Waals surface area contributed by atoms with Crippen LogP contribution in [-0.2, 0) is 14.3 Å². The Balaban J connectivity index is 1.55. The Morgan fingerprint density at radius 1 is 1.16 bits per heavy atom. The maximum atomic E-state index is 12.3. The molecule has 0 aromatic heterocycles. The standard InChI is InChI=1S/C24H27NO6/c1-3-7-19(18-8-5-4-6-9-18)25-22(26)16-31-23(27)11-10-17-14-20(28-2)24-21(15-17)29-12-13-30-24/h4-6,8-11,14-15,19H,3,7,12-13,16H2,1-2H3,(H,25,26)/b11-10+/t19-/m1/s1. The van der Waals surface area contributed by atoms with Crippen LogP contribution in [0.2, 0.25) is 0 Å². The summed E-state index contributed by atoms with van der Waals surface area (Å²) in [7, 11) is 1.54. The van der Waals surface area contributed by atoms with E-state index in [-0.39, 0.29) is 18.6 Å². The summed E-state index contributed by atoms with van der Waals surface area (Å²) in [6, 6.07) is 13.1. The van der Waals surface area contributed by atoms with Gasteiger partial charge in [-0.05, 0) is 35.8 Å². The Morgan fingerprint density at radius 2 is 1.94 bits per heavy atom. The summed E-state index contributed by atoms with van der Waals surface area (Å²) in [6.07, 6.45) is 4.56. The molecule has 7 nitrogen and oxygen atoms in total. The zero-order valence-electron chi connectivity index (χ0n) is 17.8. The van der Waals surface area contributed by atoms with Gasteiger partial charge in [-0.1, -0.05) is 43.7 Å². The molecule has 2 aromatic carbocycles. The van der Waals surface area contributed by atoms with E-state index in [9.17, 15) is 9.59 Å². The van der Waals surface area contributed by atoms with Crippen molar-refractivity contribution in [1.82, 2.24) is 5.32 Å². The fraction of sp³-hybridized carbons (Fsp3) is 0.333. The normalized spacial score (nSPS) is 13.5. The highest BCUT2D eigenvalue weighted by Crippen LogP contribution is 2.40. The van der Waals surface area contributed by atoms with Crippen molar-refractivity contribution < 1.29 is 28.5 Å². The predicted molar refractivity (Wildman–Crippen MR) is 116 cm³/mol. The summed E-state index contributed by atoms with van der Waals surface area (Å²) < 4.78 is 21.5. The first-order chi connectivity index (χ1) is 15.1. The number of nitrogens with one attached hydrogen (secondary N) is 1. The van der Waals surface area contributed by atoms with E-state index in [4.69, 9.17) is 18.9 Å². The first-order valence-corrected chi connectivity index (χ1v) is 10.3. The molecule has 164 valence electrons. The summed E-state index contributed by atoms with van der Waals surface area (Å²) in [4.78, 5) is 24.3. The number of benzene rings is 2. The third-order valence-electron chi connectivity index (χ3n) is 4.72. The van der Waals surface area contributed by atoms with E-state index >= 15 is 0 Å². The second-order valence-corrected chi connectivity index (χ2v) is 7.01. The first-order valence-electron chi connectivity index (χ1n) is 10.3. The Kier molecular flexibility index (Phi) is 7.92. The van der Waals surface area contributed by atoms with Gasteiger partial charge in [0, 0.05) is 6.08 Å². The van der Waals surface area contributed by atoms with Crippen LogP contribution in [0, 0.1) is 0 Å². The number of hydrogen-bond donors (Lipinski definition) is 1. The number of fused-ring (bicyclic) bond motifs is 1. The molecule has 0 radical (unpaired) electrons. The highest BCUT2D eigenvalue weighted by Gasteiger charge is 2.18. The number of methoxy groups -OCH3 is 1. The van der Waals surface area contributed by atoms with E-state index in [2.05, 4.69) is 12.2 Å². The minimum atomic E-state index is -0.615. The van der Waals surface area contributed by atoms with Crippen molar-refractivity contribution >= 4 is 18.0 Å². The quantitative estimate of drug-likeness (QED) is 0.487. The molecule has 0 fully saturated rings. The molecule has 0 unspecified atom stereocenters. The lowest BCUT2D eigenvalue weighted by molar-refractivity contribution is -0.144. The highest BCUT2D eigenvalue weighted by atomic mass is 16.6. The molecule has 1 aliphatic rings. The minimum Gasteiger partial charge on any atom is -0.493 e. The Morgan fingerprint density at radius 3 is 2.68 bits per heavy atom. The molecule has 0 spiro atoms. The molecule has 1 heterocycles. The summed E-state index contributed by atoms with van der Waals surface area (Å²) >= 11 is 0. The van der Waals surface area contributed by atoms with E-state index in [1.807, 2.05) is 30.3 Å². The number of amides is 1. The molecule has 31 heavy (non-hydrogen) atoms. The molecule has 0 saturated heterocycles. The number of rotatable bonds is 9. The van der Waals surface area contributed by atoms with E-state index < -0.39 is 5.97 Å². The van der Waals surface area contributed by atoms with Crippen LogP contribution in [-0.4, -0.2) is 38.8 Å². The van der Waals surface area contributed by atoms with Crippen molar-refractivity contribution in [3.05, 3.63) is 59.7 Å². The van der Waals surface area contributed by atoms with Gasteiger partial charge in [-0.2, -0.15) is 0 Å². The van der Waals surface area contributed by atoms with Gasteiger partial charge < -0.3 is 24.3 Å². The number of esters is 1. The van der Waals surface area contributed by atoms with Crippen LogP contribution >= 0.6 is 0 Å². The lowest BCUT2D eigenvalue weighted by Crippen LogP contribution is -2.32. The maximum Gasteiger partial charge on any atom is 0.331 e. The zero-order chi connectivity index (χ0) is 22.1. The molecule has 2 aromatic rings. The number of carbonyl (C=O) groups excluding carboxylic acids is 2. The predicted octanol–water partition coefficient (Wildman–Crippen LogP) is 3.68. The second-order valence-electron chi connectivity index (χ2n) is 7.01. The third kappa shape index (κ3) is 6.25. The van der Waals surface area contributed by atoms with Gasteiger partial charge >= 0.3 is 5.97 Å². The average molecular weight is 425 g/mol.